The van der Waals surface area contributed by atoms with E-state index in [4.69, 9.17) is 4.99 Å². The zero-order valence-electron chi connectivity index (χ0n) is 19.3. The average Bonchev–Trinajstić information content (AvgIpc) is 3.52. The maximum Gasteiger partial charge on any atom is 0.297 e. The Morgan fingerprint density at radius 1 is 0.971 bits per heavy atom. The fraction of sp³-hybridized carbons (Fsp3) is 0.115. The highest BCUT2D eigenvalue weighted by Gasteiger charge is 2.17. The van der Waals surface area contributed by atoms with Gasteiger partial charge < -0.3 is 0 Å². The zero-order chi connectivity index (χ0) is 24.5. The van der Waals surface area contributed by atoms with Crippen molar-refractivity contribution in [2.24, 2.45) is 17.1 Å². The van der Waals surface area contributed by atoms with E-state index in [9.17, 15) is 9.18 Å². The van der Waals surface area contributed by atoms with Gasteiger partial charge in [0.1, 0.15) is 5.82 Å². The third-order valence-electron chi connectivity index (χ3n) is 5.76. The molecule has 35 heavy (non-hydrogen) atoms. The van der Waals surface area contributed by atoms with Crippen LogP contribution < -0.4 is 10.4 Å². The van der Waals surface area contributed by atoms with Crippen molar-refractivity contribution in [1.29, 1.82) is 0 Å². The maximum atomic E-state index is 14.7. The van der Waals surface area contributed by atoms with Gasteiger partial charge in [-0.2, -0.15) is 5.10 Å². The first kappa shape index (κ1) is 22.9. The molecule has 0 fully saturated rings. The van der Waals surface area contributed by atoms with Crippen LogP contribution >= 0.6 is 22.7 Å². The number of rotatable bonds is 5. The predicted molar refractivity (Wildman–Crippen MR) is 141 cm³/mol. The number of aromatic nitrogens is 3. The highest BCUT2D eigenvalue weighted by molar-refractivity contribution is 7.11. The van der Waals surface area contributed by atoms with Gasteiger partial charge in [-0.1, -0.05) is 30.3 Å². The molecule has 0 bridgehead atoms. The van der Waals surface area contributed by atoms with Crippen molar-refractivity contribution in [2.75, 3.05) is 0 Å². The van der Waals surface area contributed by atoms with Gasteiger partial charge in [-0.25, -0.2) is 18.7 Å². The maximum absolute atomic E-state index is 14.7. The first-order chi connectivity index (χ1) is 17.0. The summed E-state index contributed by atoms with van der Waals surface area (Å²) in [5, 5.41) is 8.47. The normalized spacial score (nSPS) is 12.2. The summed E-state index contributed by atoms with van der Waals surface area (Å²) in [6, 6.07) is 18.0. The SMILES string of the molecule is Cc1ccsc1C=Nn1c(-c2ccccc2F)csc1=Nc1c(C)n(C)n(-c2ccccc2)c1=O. The van der Waals surface area contributed by atoms with Crippen LogP contribution in [0.15, 0.2) is 86.3 Å². The first-order valence-electron chi connectivity index (χ1n) is 10.9. The van der Waals surface area contributed by atoms with Gasteiger partial charge in [-0.05, 0) is 55.1 Å². The van der Waals surface area contributed by atoms with Gasteiger partial charge in [0.25, 0.3) is 5.56 Å². The van der Waals surface area contributed by atoms with E-state index in [2.05, 4.69) is 5.10 Å². The van der Waals surface area contributed by atoms with Gasteiger partial charge in [0.2, 0.25) is 4.80 Å². The number of para-hydroxylation sites is 1. The molecule has 0 aliphatic carbocycles. The second-order valence-corrected chi connectivity index (χ2v) is 9.71. The lowest BCUT2D eigenvalue weighted by Crippen LogP contribution is -2.20. The lowest BCUT2D eigenvalue weighted by atomic mass is 10.1. The van der Waals surface area contributed by atoms with Crippen molar-refractivity contribution in [3.8, 4) is 16.9 Å². The van der Waals surface area contributed by atoms with E-state index in [1.54, 1.807) is 49.8 Å². The molecule has 6 nitrogen and oxygen atoms in total. The molecule has 0 aliphatic rings. The third kappa shape index (κ3) is 4.24. The van der Waals surface area contributed by atoms with Crippen LogP contribution in [-0.4, -0.2) is 20.3 Å². The van der Waals surface area contributed by atoms with Crippen molar-refractivity contribution >= 4 is 34.6 Å². The summed E-state index contributed by atoms with van der Waals surface area (Å²) in [6.45, 7) is 3.87. The zero-order valence-corrected chi connectivity index (χ0v) is 21.0. The molecule has 0 radical (unpaired) electrons. The number of thiazole rings is 1. The Morgan fingerprint density at radius 3 is 2.43 bits per heavy atom. The Balaban J connectivity index is 1.72. The summed E-state index contributed by atoms with van der Waals surface area (Å²) in [5.41, 5.74) is 3.62. The number of benzene rings is 2. The van der Waals surface area contributed by atoms with Crippen molar-refractivity contribution in [3.63, 3.8) is 0 Å². The van der Waals surface area contributed by atoms with E-state index in [-0.39, 0.29) is 11.4 Å². The minimum Gasteiger partial charge on any atom is -0.283 e. The molecule has 3 aromatic heterocycles. The molecule has 0 spiro atoms. The van der Waals surface area contributed by atoms with Crippen molar-refractivity contribution in [2.45, 2.75) is 13.8 Å². The largest absolute Gasteiger partial charge is 0.297 e. The number of halogens is 1. The molecule has 0 unspecified atom stereocenters. The lowest BCUT2D eigenvalue weighted by Gasteiger charge is -2.07. The van der Waals surface area contributed by atoms with Gasteiger partial charge in [-0.15, -0.1) is 22.7 Å². The quantitative estimate of drug-likeness (QED) is 0.287. The molecule has 0 saturated heterocycles. The van der Waals surface area contributed by atoms with E-state index < -0.39 is 0 Å². The van der Waals surface area contributed by atoms with E-state index in [0.29, 0.717) is 27.4 Å². The second kappa shape index (κ2) is 9.44. The fourth-order valence-electron chi connectivity index (χ4n) is 3.75. The summed E-state index contributed by atoms with van der Waals surface area (Å²) in [7, 11) is 1.83. The summed E-state index contributed by atoms with van der Waals surface area (Å²) in [6.07, 6.45) is 1.75. The Morgan fingerprint density at radius 2 is 1.71 bits per heavy atom. The molecule has 0 aliphatic heterocycles. The summed E-state index contributed by atoms with van der Waals surface area (Å²) in [4.78, 5) is 19.6. The fourth-order valence-corrected chi connectivity index (χ4v) is 5.36. The smallest absolute Gasteiger partial charge is 0.283 e. The predicted octanol–water partition coefficient (Wildman–Crippen LogP) is 5.64. The summed E-state index contributed by atoms with van der Waals surface area (Å²) in [5.74, 6) is -0.351. The molecule has 0 amide bonds. The first-order valence-corrected chi connectivity index (χ1v) is 12.6. The van der Waals surface area contributed by atoms with Crippen LogP contribution in [0, 0.1) is 19.7 Å². The lowest BCUT2D eigenvalue weighted by molar-refractivity contribution is 0.629. The van der Waals surface area contributed by atoms with Gasteiger partial charge in [0.15, 0.2) is 5.69 Å². The summed E-state index contributed by atoms with van der Waals surface area (Å²) >= 11 is 2.88. The van der Waals surface area contributed by atoms with Crippen LogP contribution in [0.3, 0.4) is 0 Å². The number of thiophene rings is 1. The molecule has 5 aromatic rings. The molecule has 3 heterocycles. The highest BCUT2D eigenvalue weighted by Crippen LogP contribution is 2.24. The van der Waals surface area contributed by atoms with Crippen molar-refractivity contribution in [3.05, 3.63) is 109 Å². The number of aryl methyl sites for hydroxylation is 1. The number of hydrogen-bond acceptors (Lipinski definition) is 5. The molecule has 0 N–H and O–H groups in total. The number of nitrogens with zero attached hydrogens (tertiary/aromatic N) is 5. The van der Waals surface area contributed by atoms with E-state index in [1.165, 1.54) is 17.4 Å². The van der Waals surface area contributed by atoms with Crippen molar-refractivity contribution < 1.29 is 4.39 Å². The molecular formula is C26H22FN5OS2. The van der Waals surface area contributed by atoms with Gasteiger partial charge >= 0.3 is 0 Å². The van der Waals surface area contributed by atoms with Gasteiger partial charge in [-0.3, -0.25) is 9.48 Å². The average molecular weight is 504 g/mol. The molecule has 2 aromatic carbocycles. The summed E-state index contributed by atoms with van der Waals surface area (Å²) < 4.78 is 19.7. The monoisotopic (exact) mass is 503 g/mol. The molecule has 9 heteroatoms. The van der Waals surface area contributed by atoms with Crippen LogP contribution in [0.5, 0.6) is 0 Å². The highest BCUT2D eigenvalue weighted by atomic mass is 32.1. The Labute approximate surface area is 209 Å². The minimum atomic E-state index is -0.351. The van der Waals surface area contributed by atoms with Crippen molar-refractivity contribution in [1.82, 2.24) is 14.0 Å². The topological polar surface area (TPSA) is 56.6 Å². The minimum absolute atomic E-state index is 0.235. The Kier molecular flexibility index (Phi) is 6.19. The number of hydrogen-bond donors (Lipinski definition) is 0. The van der Waals surface area contributed by atoms with Crippen LogP contribution in [0.25, 0.3) is 16.9 Å². The Hall–Kier alpha value is -3.82. The van der Waals surface area contributed by atoms with E-state index in [1.807, 2.05) is 68.1 Å². The third-order valence-corrected chi connectivity index (χ3v) is 7.53. The molecule has 176 valence electrons. The van der Waals surface area contributed by atoms with Gasteiger partial charge in [0, 0.05) is 18.0 Å². The molecule has 0 saturated carbocycles. The second-order valence-electron chi connectivity index (χ2n) is 7.93. The van der Waals surface area contributed by atoms with Gasteiger partial charge in [0.05, 0.1) is 28.2 Å². The molecule has 5 rings (SSSR count). The molecule has 0 atom stereocenters. The van der Waals surface area contributed by atoms with E-state index in [0.717, 1.165) is 16.1 Å². The van der Waals surface area contributed by atoms with Crippen LogP contribution in [0.4, 0.5) is 10.1 Å². The standard InChI is InChI=1S/C26H22FN5OS2/c1-17-13-14-34-23(17)15-28-31-22(20-11-7-8-12-21(20)27)16-35-26(31)29-24-18(2)30(3)32(25(24)33)19-9-5-4-6-10-19/h4-16H,1-3H3. The van der Waals surface area contributed by atoms with Crippen LogP contribution in [-0.2, 0) is 7.05 Å². The van der Waals surface area contributed by atoms with E-state index >= 15 is 0 Å². The van der Waals surface area contributed by atoms with Crippen LogP contribution in [0.2, 0.25) is 0 Å². The molecular weight excluding hydrogens is 481 g/mol. The Bertz CT molecular complexity index is 1670. The van der Waals surface area contributed by atoms with Crippen LogP contribution in [0.1, 0.15) is 16.1 Å².